The molecule has 128 valence electrons. The van der Waals surface area contributed by atoms with Gasteiger partial charge in [0.25, 0.3) is 0 Å². The topological polar surface area (TPSA) is 79.1 Å². The van der Waals surface area contributed by atoms with Crippen LogP contribution in [0.4, 0.5) is 0 Å². The SMILES string of the molecule is CCc1ccc(O[C@@H](C)C(=O)Oc2ccc(-n3cnnn3)cc2)cc1. The minimum absolute atomic E-state index is 0.429. The van der Waals surface area contributed by atoms with E-state index in [0.29, 0.717) is 11.5 Å². The van der Waals surface area contributed by atoms with Crippen LogP contribution in [-0.4, -0.2) is 32.3 Å². The van der Waals surface area contributed by atoms with E-state index in [2.05, 4.69) is 22.4 Å². The summed E-state index contributed by atoms with van der Waals surface area (Å²) in [4.78, 5) is 12.2. The quantitative estimate of drug-likeness (QED) is 0.508. The number of benzene rings is 2. The van der Waals surface area contributed by atoms with Crippen molar-refractivity contribution in [3.63, 3.8) is 0 Å². The molecular formula is C18H18N4O3. The molecule has 0 aliphatic rings. The van der Waals surface area contributed by atoms with Gasteiger partial charge in [0, 0.05) is 0 Å². The molecule has 0 saturated heterocycles. The van der Waals surface area contributed by atoms with Crippen LogP contribution in [0, 0.1) is 0 Å². The molecule has 1 aromatic heterocycles. The van der Waals surface area contributed by atoms with Crippen LogP contribution in [-0.2, 0) is 11.2 Å². The molecule has 1 atom stereocenters. The van der Waals surface area contributed by atoms with Crippen molar-refractivity contribution in [2.45, 2.75) is 26.4 Å². The molecule has 3 aromatic rings. The Bertz CT molecular complexity index is 815. The van der Waals surface area contributed by atoms with Crippen LogP contribution in [0.15, 0.2) is 54.9 Å². The molecule has 0 spiro atoms. The number of ether oxygens (including phenoxy) is 2. The third kappa shape index (κ3) is 4.20. The van der Waals surface area contributed by atoms with Gasteiger partial charge in [0.1, 0.15) is 17.8 Å². The normalized spacial score (nSPS) is 11.8. The summed E-state index contributed by atoms with van der Waals surface area (Å²) in [6.45, 7) is 3.74. The van der Waals surface area contributed by atoms with Gasteiger partial charge in [0.05, 0.1) is 5.69 Å². The average molecular weight is 338 g/mol. The van der Waals surface area contributed by atoms with E-state index in [4.69, 9.17) is 9.47 Å². The van der Waals surface area contributed by atoms with Gasteiger partial charge in [-0.15, -0.1) is 5.10 Å². The number of hydrogen-bond acceptors (Lipinski definition) is 6. The summed E-state index contributed by atoms with van der Waals surface area (Å²) in [6.07, 6.45) is 1.73. The second-order valence-electron chi connectivity index (χ2n) is 5.43. The maximum atomic E-state index is 12.2. The monoisotopic (exact) mass is 338 g/mol. The molecule has 2 aromatic carbocycles. The van der Waals surface area contributed by atoms with Crippen molar-refractivity contribution in [1.29, 1.82) is 0 Å². The first-order valence-electron chi connectivity index (χ1n) is 7.96. The lowest BCUT2D eigenvalue weighted by molar-refractivity contribution is -0.141. The molecular weight excluding hydrogens is 320 g/mol. The van der Waals surface area contributed by atoms with Crippen LogP contribution in [0.1, 0.15) is 19.4 Å². The van der Waals surface area contributed by atoms with Crippen molar-refractivity contribution in [3.8, 4) is 17.2 Å². The van der Waals surface area contributed by atoms with Gasteiger partial charge in [0.15, 0.2) is 6.10 Å². The standard InChI is InChI=1S/C18H18N4O3/c1-3-14-4-8-16(9-5-14)24-13(2)18(23)25-17-10-6-15(7-11-17)22-12-19-20-21-22/h4-13H,3H2,1-2H3/t13-/m0/s1. The molecule has 0 unspecified atom stereocenters. The molecule has 7 heteroatoms. The molecule has 0 fully saturated rings. The van der Waals surface area contributed by atoms with Crippen LogP contribution in [0.3, 0.4) is 0 Å². The molecule has 0 aliphatic heterocycles. The fourth-order valence-corrected chi connectivity index (χ4v) is 2.20. The predicted octanol–water partition coefficient (Wildman–Crippen LogP) is 2.60. The number of tetrazole rings is 1. The van der Waals surface area contributed by atoms with E-state index >= 15 is 0 Å². The third-order valence-electron chi connectivity index (χ3n) is 3.65. The highest BCUT2D eigenvalue weighted by atomic mass is 16.6. The average Bonchev–Trinajstić information content (AvgIpc) is 3.17. The van der Waals surface area contributed by atoms with Crippen LogP contribution in [0.25, 0.3) is 5.69 Å². The first-order valence-corrected chi connectivity index (χ1v) is 7.96. The van der Waals surface area contributed by atoms with Crippen molar-refractivity contribution < 1.29 is 14.3 Å². The van der Waals surface area contributed by atoms with Gasteiger partial charge in [-0.1, -0.05) is 19.1 Å². The van der Waals surface area contributed by atoms with E-state index in [1.165, 1.54) is 16.6 Å². The Hall–Kier alpha value is -3.22. The van der Waals surface area contributed by atoms with Gasteiger partial charge in [0.2, 0.25) is 0 Å². The first kappa shape index (κ1) is 16.6. The van der Waals surface area contributed by atoms with Crippen LogP contribution >= 0.6 is 0 Å². The second-order valence-corrected chi connectivity index (χ2v) is 5.43. The third-order valence-corrected chi connectivity index (χ3v) is 3.65. The Kier molecular flexibility index (Phi) is 5.03. The molecule has 1 heterocycles. The molecule has 0 saturated carbocycles. The van der Waals surface area contributed by atoms with Crippen molar-refractivity contribution >= 4 is 5.97 Å². The zero-order valence-electron chi connectivity index (χ0n) is 14.0. The summed E-state index contributed by atoms with van der Waals surface area (Å²) in [5.74, 6) is 0.601. The van der Waals surface area contributed by atoms with E-state index in [-0.39, 0.29) is 0 Å². The maximum Gasteiger partial charge on any atom is 0.352 e. The second kappa shape index (κ2) is 7.57. The number of aromatic nitrogens is 4. The van der Waals surface area contributed by atoms with Gasteiger partial charge in [-0.05, 0) is 65.7 Å². The van der Waals surface area contributed by atoms with Crippen LogP contribution in [0.2, 0.25) is 0 Å². The van der Waals surface area contributed by atoms with E-state index in [1.54, 1.807) is 31.2 Å². The molecule has 0 amide bonds. The van der Waals surface area contributed by atoms with Gasteiger partial charge < -0.3 is 9.47 Å². The van der Waals surface area contributed by atoms with Crippen molar-refractivity contribution in [1.82, 2.24) is 20.2 Å². The molecule has 0 bridgehead atoms. The van der Waals surface area contributed by atoms with Crippen LogP contribution < -0.4 is 9.47 Å². The van der Waals surface area contributed by atoms with Crippen molar-refractivity contribution in [2.75, 3.05) is 0 Å². The molecule has 0 radical (unpaired) electrons. The summed E-state index contributed by atoms with van der Waals surface area (Å²) in [6, 6.07) is 14.5. The van der Waals surface area contributed by atoms with E-state index in [1.807, 2.05) is 24.3 Å². The van der Waals surface area contributed by atoms with Gasteiger partial charge in [-0.3, -0.25) is 0 Å². The number of aryl methyl sites for hydroxylation is 1. The Morgan fingerprint density at radius 2 is 1.76 bits per heavy atom. The first-order chi connectivity index (χ1) is 12.2. The number of rotatable bonds is 6. The Labute approximate surface area is 145 Å². The predicted molar refractivity (Wildman–Crippen MR) is 90.7 cm³/mol. The zero-order valence-corrected chi connectivity index (χ0v) is 14.0. The molecule has 0 aliphatic carbocycles. The molecule has 3 rings (SSSR count). The minimum Gasteiger partial charge on any atom is -0.479 e. The highest BCUT2D eigenvalue weighted by molar-refractivity contribution is 5.77. The van der Waals surface area contributed by atoms with E-state index < -0.39 is 12.1 Å². The Morgan fingerprint density at radius 1 is 1.08 bits per heavy atom. The largest absolute Gasteiger partial charge is 0.479 e. The number of nitrogens with zero attached hydrogens (tertiary/aromatic N) is 4. The Balaban J connectivity index is 1.59. The molecule has 25 heavy (non-hydrogen) atoms. The van der Waals surface area contributed by atoms with Gasteiger partial charge >= 0.3 is 5.97 Å². The van der Waals surface area contributed by atoms with Crippen molar-refractivity contribution in [2.24, 2.45) is 0 Å². The number of carbonyl (C=O) groups is 1. The van der Waals surface area contributed by atoms with E-state index in [9.17, 15) is 4.79 Å². The van der Waals surface area contributed by atoms with Gasteiger partial charge in [-0.25, -0.2) is 9.48 Å². The smallest absolute Gasteiger partial charge is 0.352 e. The Morgan fingerprint density at radius 3 is 2.36 bits per heavy atom. The lowest BCUT2D eigenvalue weighted by atomic mass is 10.2. The lowest BCUT2D eigenvalue weighted by Crippen LogP contribution is -2.28. The number of esters is 1. The summed E-state index contributed by atoms with van der Waals surface area (Å²) in [7, 11) is 0. The minimum atomic E-state index is -0.716. The molecule has 0 N–H and O–H groups in total. The van der Waals surface area contributed by atoms with Crippen molar-refractivity contribution in [3.05, 3.63) is 60.4 Å². The molecule has 7 nitrogen and oxygen atoms in total. The summed E-state index contributed by atoms with van der Waals surface area (Å²) < 4.78 is 12.5. The summed E-state index contributed by atoms with van der Waals surface area (Å²) in [5, 5.41) is 10.9. The highest BCUT2D eigenvalue weighted by Crippen LogP contribution is 2.17. The highest BCUT2D eigenvalue weighted by Gasteiger charge is 2.17. The van der Waals surface area contributed by atoms with Crippen LogP contribution in [0.5, 0.6) is 11.5 Å². The zero-order chi connectivity index (χ0) is 17.6. The number of hydrogen-bond donors (Lipinski definition) is 0. The van der Waals surface area contributed by atoms with Gasteiger partial charge in [-0.2, -0.15) is 0 Å². The number of carbonyl (C=O) groups excluding carboxylic acids is 1. The lowest BCUT2D eigenvalue weighted by Gasteiger charge is -2.14. The summed E-state index contributed by atoms with van der Waals surface area (Å²) >= 11 is 0. The summed E-state index contributed by atoms with van der Waals surface area (Å²) in [5.41, 5.74) is 1.98. The van der Waals surface area contributed by atoms with E-state index in [0.717, 1.165) is 12.1 Å². The fraction of sp³-hybridized carbons (Fsp3) is 0.222. The fourth-order valence-electron chi connectivity index (χ4n) is 2.20. The maximum absolute atomic E-state index is 12.2.